The van der Waals surface area contributed by atoms with Crippen LogP contribution < -0.4 is 5.73 Å². The quantitative estimate of drug-likeness (QED) is 0.897. The number of rotatable bonds is 5. The molecular weight excluding hydrogens is 308 g/mol. The molecule has 0 radical (unpaired) electrons. The van der Waals surface area contributed by atoms with Gasteiger partial charge in [0, 0.05) is 37.4 Å². The highest BCUT2D eigenvalue weighted by atomic mass is 32.2. The standard InChI is InChI=1S/C18H26N2O2S/c19-17-11-20(10-16(17)14-6-2-1-3-7-14)18(21)13-23-12-15-8-4-5-9-22-15/h1-3,6-7,15-17H,4-5,8-13,19H2/t15?,16-,17+/m0/s1. The Morgan fingerprint density at radius 3 is 2.83 bits per heavy atom. The van der Waals surface area contributed by atoms with Crippen molar-refractivity contribution >= 4 is 17.7 Å². The van der Waals surface area contributed by atoms with Crippen molar-refractivity contribution in [2.45, 2.75) is 37.3 Å². The van der Waals surface area contributed by atoms with E-state index in [1.807, 2.05) is 23.1 Å². The van der Waals surface area contributed by atoms with Gasteiger partial charge in [0.2, 0.25) is 5.91 Å². The summed E-state index contributed by atoms with van der Waals surface area (Å²) in [4.78, 5) is 14.3. The molecule has 2 N–H and O–H groups in total. The van der Waals surface area contributed by atoms with Gasteiger partial charge in [0.05, 0.1) is 11.9 Å². The van der Waals surface area contributed by atoms with Crippen LogP contribution in [0.3, 0.4) is 0 Å². The molecule has 0 aliphatic carbocycles. The van der Waals surface area contributed by atoms with Crippen LogP contribution in [0.1, 0.15) is 30.7 Å². The number of thioether (sulfide) groups is 1. The minimum absolute atomic E-state index is 0.0352. The number of likely N-dealkylation sites (tertiary alicyclic amines) is 1. The van der Waals surface area contributed by atoms with Crippen molar-refractivity contribution in [2.75, 3.05) is 31.2 Å². The number of hydrogen-bond donors (Lipinski definition) is 1. The summed E-state index contributed by atoms with van der Waals surface area (Å²) in [6, 6.07) is 10.3. The van der Waals surface area contributed by atoms with Crippen LogP contribution in [0.15, 0.2) is 30.3 Å². The number of benzene rings is 1. The summed E-state index contributed by atoms with van der Waals surface area (Å²) in [7, 11) is 0. The van der Waals surface area contributed by atoms with Gasteiger partial charge in [-0.05, 0) is 24.8 Å². The highest BCUT2D eigenvalue weighted by Crippen LogP contribution is 2.27. The van der Waals surface area contributed by atoms with Crippen LogP contribution in [0.2, 0.25) is 0 Å². The lowest BCUT2D eigenvalue weighted by Crippen LogP contribution is -2.33. The molecule has 1 unspecified atom stereocenters. The SMILES string of the molecule is N[C@@H]1CN(C(=O)CSCC2CCCCO2)C[C@H]1c1ccccc1. The zero-order valence-electron chi connectivity index (χ0n) is 13.5. The molecular formula is C18H26N2O2S. The van der Waals surface area contributed by atoms with Gasteiger partial charge in [-0.25, -0.2) is 0 Å². The number of hydrogen-bond acceptors (Lipinski definition) is 4. The van der Waals surface area contributed by atoms with Crippen LogP contribution in [0.4, 0.5) is 0 Å². The van der Waals surface area contributed by atoms with E-state index in [0.717, 1.165) is 25.3 Å². The normalized spacial score (nSPS) is 28.0. The van der Waals surface area contributed by atoms with E-state index in [1.54, 1.807) is 11.8 Å². The predicted molar refractivity (Wildman–Crippen MR) is 94.7 cm³/mol. The Hall–Kier alpha value is -1.04. The Labute approximate surface area is 142 Å². The first-order valence-electron chi connectivity index (χ1n) is 8.51. The maximum absolute atomic E-state index is 12.4. The molecule has 0 saturated carbocycles. The van der Waals surface area contributed by atoms with Crippen LogP contribution in [0.25, 0.3) is 0 Å². The molecule has 0 bridgehead atoms. The maximum atomic E-state index is 12.4. The molecule has 1 aromatic rings. The number of nitrogens with zero attached hydrogens (tertiary/aromatic N) is 1. The first-order chi connectivity index (χ1) is 11.2. The van der Waals surface area contributed by atoms with Gasteiger partial charge >= 0.3 is 0 Å². The zero-order chi connectivity index (χ0) is 16.1. The highest BCUT2D eigenvalue weighted by Gasteiger charge is 2.33. The highest BCUT2D eigenvalue weighted by molar-refractivity contribution is 7.99. The topological polar surface area (TPSA) is 55.6 Å². The van der Waals surface area contributed by atoms with Gasteiger partial charge in [-0.15, -0.1) is 11.8 Å². The summed E-state index contributed by atoms with van der Waals surface area (Å²) in [6.45, 7) is 2.28. The molecule has 3 rings (SSSR count). The van der Waals surface area contributed by atoms with Crippen LogP contribution in [0, 0.1) is 0 Å². The van der Waals surface area contributed by atoms with Crippen molar-refractivity contribution in [1.29, 1.82) is 0 Å². The third-order valence-corrected chi connectivity index (χ3v) is 5.81. The van der Waals surface area contributed by atoms with E-state index in [1.165, 1.54) is 18.4 Å². The van der Waals surface area contributed by atoms with Gasteiger partial charge < -0.3 is 15.4 Å². The fourth-order valence-corrected chi connectivity index (χ4v) is 4.39. The van der Waals surface area contributed by atoms with E-state index >= 15 is 0 Å². The Bertz CT molecular complexity index is 505. The predicted octanol–water partition coefficient (Wildman–Crippen LogP) is 2.24. The second-order valence-corrected chi connectivity index (χ2v) is 7.51. The first-order valence-corrected chi connectivity index (χ1v) is 9.67. The van der Waals surface area contributed by atoms with E-state index in [2.05, 4.69) is 12.1 Å². The molecule has 2 aliphatic heterocycles. The zero-order valence-corrected chi connectivity index (χ0v) is 14.3. The van der Waals surface area contributed by atoms with Crippen LogP contribution in [0.5, 0.6) is 0 Å². The van der Waals surface area contributed by atoms with E-state index < -0.39 is 0 Å². The average Bonchev–Trinajstić information content (AvgIpc) is 2.98. The van der Waals surface area contributed by atoms with Crippen LogP contribution in [-0.2, 0) is 9.53 Å². The van der Waals surface area contributed by atoms with Crippen molar-refractivity contribution in [1.82, 2.24) is 4.90 Å². The second kappa shape index (κ2) is 8.18. The lowest BCUT2D eigenvalue weighted by Gasteiger charge is -2.22. The van der Waals surface area contributed by atoms with Crippen molar-refractivity contribution in [3.8, 4) is 0 Å². The lowest BCUT2D eigenvalue weighted by molar-refractivity contribution is -0.127. The summed E-state index contributed by atoms with van der Waals surface area (Å²) in [5.41, 5.74) is 7.50. The monoisotopic (exact) mass is 334 g/mol. The van der Waals surface area contributed by atoms with Gasteiger partial charge in [0.1, 0.15) is 0 Å². The van der Waals surface area contributed by atoms with Gasteiger partial charge in [-0.2, -0.15) is 0 Å². The van der Waals surface area contributed by atoms with E-state index in [0.29, 0.717) is 18.4 Å². The van der Waals surface area contributed by atoms with Crippen LogP contribution in [-0.4, -0.2) is 54.2 Å². The fraction of sp³-hybridized carbons (Fsp3) is 0.611. The van der Waals surface area contributed by atoms with Gasteiger partial charge in [0.15, 0.2) is 0 Å². The van der Waals surface area contributed by atoms with E-state index in [4.69, 9.17) is 10.5 Å². The molecule has 2 fully saturated rings. The lowest BCUT2D eigenvalue weighted by atomic mass is 9.95. The van der Waals surface area contributed by atoms with Crippen molar-refractivity contribution in [2.24, 2.45) is 5.73 Å². The molecule has 0 spiro atoms. The van der Waals surface area contributed by atoms with E-state index in [9.17, 15) is 4.79 Å². The molecule has 126 valence electrons. The summed E-state index contributed by atoms with van der Waals surface area (Å²) >= 11 is 1.70. The molecule has 4 nitrogen and oxygen atoms in total. The van der Waals surface area contributed by atoms with Crippen molar-refractivity contribution < 1.29 is 9.53 Å². The summed E-state index contributed by atoms with van der Waals surface area (Å²) in [5.74, 6) is 1.92. The number of nitrogens with two attached hydrogens (primary N) is 1. The molecule has 0 aromatic heterocycles. The molecule has 2 aliphatic rings. The van der Waals surface area contributed by atoms with Gasteiger partial charge in [-0.1, -0.05) is 30.3 Å². The number of carbonyl (C=O) groups excluding carboxylic acids is 1. The van der Waals surface area contributed by atoms with E-state index in [-0.39, 0.29) is 17.9 Å². The minimum atomic E-state index is 0.0352. The molecule has 2 saturated heterocycles. The first kappa shape index (κ1) is 16.8. The number of ether oxygens (including phenoxy) is 1. The molecule has 2 heterocycles. The smallest absolute Gasteiger partial charge is 0.232 e. The van der Waals surface area contributed by atoms with Gasteiger partial charge in [0.25, 0.3) is 0 Å². The average molecular weight is 334 g/mol. The molecule has 5 heteroatoms. The van der Waals surface area contributed by atoms with Crippen molar-refractivity contribution in [3.63, 3.8) is 0 Å². The summed E-state index contributed by atoms with van der Waals surface area (Å²) < 4.78 is 5.71. The minimum Gasteiger partial charge on any atom is -0.377 e. The number of amides is 1. The van der Waals surface area contributed by atoms with Crippen LogP contribution >= 0.6 is 11.8 Å². The van der Waals surface area contributed by atoms with Crippen molar-refractivity contribution in [3.05, 3.63) is 35.9 Å². The third kappa shape index (κ3) is 4.49. The summed E-state index contributed by atoms with van der Waals surface area (Å²) in [6.07, 6.45) is 3.89. The molecule has 3 atom stereocenters. The number of carbonyl (C=O) groups is 1. The molecule has 1 aromatic carbocycles. The fourth-order valence-electron chi connectivity index (χ4n) is 3.39. The summed E-state index contributed by atoms with van der Waals surface area (Å²) in [5, 5.41) is 0. The maximum Gasteiger partial charge on any atom is 0.232 e. The third-order valence-electron chi connectivity index (χ3n) is 4.75. The largest absolute Gasteiger partial charge is 0.377 e. The molecule has 1 amide bonds. The Kier molecular flexibility index (Phi) is 5.97. The Morgan fingerprint density at radius 1 is 1.26 bits per heavy atom. The van der Waals surface area contributed by atoms with Gasteiger partial charge in [-0.3, -0.25) is 4.79 Å². The second-order valence-electron chi connectivity index (χ2n) is 6.48. The Balaban J connectivity index is 1.45. The molecule has 23 heavy (non-hydrogen) atoms. The Morgan fingerprint density at radius 2 is 2.09 bits per heavy atom.